The number of ether oxygens (including phenoxy) is 1. The van der Waals surface area contributed by atoms with E-state index in [2.05, 4.69) is 15.6 Å². The number of anilines is 3. The molecule has 4 aromatic rings. The first-order chi connectivity index (χ1) is 20.6. The molecule has 1 aliphatic heterocycles. The topological polar surface area (TPSA) is 144 Å². The third kappa shape index (κ3) is 6.12. The molecule has 1 aromatic heterocycles. The number of nitrogens with zero attached hydrogens (tertiary/aromatic N) is 2. The lowest BCUT2D eigenvalue weighted by molar-refractivity contribution is -0.133. The number of hydrogen-bond donors (Lipinski definition) is 3. The Kier molecular flexibility index (Phi) is 8.54. The molecule has 1 fully saturated rings. The van der Waals surface area contributed by atoms with Crippen LogP contribution in [0.15, 0.2) is 83.9 Å². The van der Waals surface area contributed by atoms with Gasteiger partial charge in [0.15, 0.2) is 9.84 Å². The third-order valence-corrected chi connectivity index (χ3v) is 9.98. The van der Waals surface area contributed by atoms with Crippen LogP contribution in [0.5, 0.6) is 0 Å². The van der Waals surface area contributed by atoms with Crippen LogP contribution in [-0.4, -0.2) is 49.2 Å². The summed E-state index contributed by atoms with van der Waals surface area (Å²) in [5.41, 5.74) is 8.38. The average Bonchev–Trinajstić information content (AvgIpc) is 3.50. The van der Waals surface area contributed by atoms with Crippen molar-refractivity contribution in [2.45, 2.75) is 48.9 Å². The highest BCUT2D eigenvalue weighted by molar-refractivity contribution is 7.92. The second kappa shape index (κ2) is 12.3. The van der Waals surface area contributed by atoms with Gasteiger partial charge in [-0.3, -0.25) is 10.1 Å². The van der Waals surface area contributed by atoms with Crippen molar-refractivity contribution >= 4 is 49.8 Å². The molecule has 4 N–H and O–H groups in total. The van der Waals surface area contributed by atoms with Gasteiger partial charge >= 0.3 is 6.09 Å². The van der Waals surface area contributed by atoms with Crippen molar-refractivity contribution < 1.29 is 22.7 Å². The Morgan fingerprint density at radius 1 is 1.02 bits per heavy atom. The molecule has 0 spiro atoms. The number of aromatic nitrogens is 1. The Balaban J connectivity index is 1.55. The van der Waals surface area contributed by atoms with Gasteiger partial charge in [-0.05, 0) is 85.7 Å². The molecular weight excluding hydrogens is 566 g/mol. The second-order valence-corrected chi connectivity index (χ2v) is 13.2. The first kappa shape index (κ1) is 29.8. The fraction of sp³-hybridized carbons (Fsp3) is 0.281. The molecule has 10 nitrogen and oxygen atoms in total. The largest absolute Gasteiger partial charge is 0.453 e. The summed E-state index contributed by atoms with van der Waals surface area (Å²) in [4.78, 5) is 32.4. The summed E-state index contributed by atoms with van der Waals surface area (Å²) < 4.78 is 31.7. The van der Waals surface area contributed by atoms with Crippen LogP contribution in [0.4, 0.5) is 22.0 Å². The Bertz CT molecular complexity index is 1760. The first-order valence-corrected chi connectivity index (χ1v) is 15.6. The summed E-state index contributed by atoms with van der Waals surface area (Å²) >= 11 is 0. The van der Waals surface area contributed by atoms with E-state index in [1.54, 1.807) is 31.0 Å². The van der Waals surface area contributed by atoms with Crippen molar-refractivity contribution in [3.05, 3.63) is 90.1 Å². The molecule has 224 valence electrons. The minimum absolute atomic E-state index is 0.146. The first-order valence-electron chi connectivity index (χ1n) is 14.1. The molecule has 5 rings (SSSR count). The zero-order valence-electron chi connectivity index (χ0n) is 24.3. The van der Waals surface area contributed by atoms with E-state index in [0.29, 0.717) is 36.5 Å². The molecule has 0 bridgehead atoms. The maximum atomic E-state index is 14.4. The van der Waals surface area contributed by atoms with Crippen LogP contribution in [0.1, 0.15) is 49.9 Å². The molecule has 2 heterocycles. The number of methoxy groups -OCH3 is 1. The van der Waals surface area contributed by atoms with Crippen LogP contribution >= 0.6 is 0 Å². The maximum absolute atomic E-state index is 14.4. The fourth-order valence-corrected chi connectivity index (χ4v) is 6.77. The van der Waals surface area contributed by atoms with Crippen LogP contribution in [0.25, 0.3) is 10.8 Å². The molecule has 1 aliphatic rings. The maximum Gasteiger partial charge on any atom is 0.411 e. The monoisotopic (exact) mass is 601 g/mol. The summed E-state index contributed by atoms with van der Waals surface area (Å²) in [6, 6.07) is 20.3. The van der Waals surface area contributed by atoms with Crippen LogP contribution in [0, 0.1) is 0 Å². The Morgan fingerprint density at radius 3 is 2.49 bits per heavy atom. The van der Waals surface area contributed by atoms with E-state index >= 15 is 0 Å². The molecule has 3 aromatic carbocycles. The van der Waals surface area contributed by atoms with Crippen LogP contribution in [0.3, 0.4) is 0 Å². The summed E-state index contributed by atoms with van der Waals surface area (Å²) in [5, 5.41) is 7.07. The Hall–Kier alpha value is -4.64. The molecule has 0 radical (unpaired) electrons. The van der Waals surface area contributed by atoms with Gasteiger partial charge in [-0.1, -0.05) is 30.3 Å². The quantitative estimate of drug-likeness (QED) is 0.234. The van der Waals surface area contributed by atoms with E-state index in [0.717, 1.165) is 22.0 Å². The minimum atomic E-state index is -3.70. The van der Waals surface area contributed by atoms with Gasteiger partial charge in [0.2, 0.25) is 5.91 Å². The molecule has 0 saturated carbocycles. The van der Waals surface area contributed by atoms with E-state index in [1.807, 2.05) is 54.6 Å². The summed E-state index contributed by atoms with van der Waals surface area (Å²) in [6.45, 7) is 3.70. The number of carbonyl (C=O) groups is 2. The summed E-state index contributed by atoms with van der Waals surface area (Å²) in [5.74, 6) is 0.234. The van der Waals surface area contributed by atoms with Gasteiger partial charge in [0.05, 0.1) is 23.3 Å². The zero-order chi connectivity index (χ0) is 30.7. The molecule has 2 atom stereocenters. The molecule has 1 saturated heterocycles. The third-order valence-electron chi connectivity index (χ3n) is 7.75. The van der Waals surface area contributed by atoms with Gasteiger partial charge in [0.1, 0.15) is 11.9 Å². The standard InChI is InChI=1S/C32H35N5O5S/c1-20(2)43(40,41)28-14-12-24(36-32(39)42-3)19-26(28)27-10-7-17-37(27)31(38)29(21-8-5-4-6-9-21)35-23-11-13-25-22(18-23)15-16-34-30(25)33/h4-6,8-9,11-16,18-20,27,29,35H,7,10,17H2,1-3H3,(H2,33,34)(H,36,39). The lowest BCUT2D eigenvalue weighted by Gasteiger charge is -2.31. The van der Waals surface area contributed by atoms with Crippen molar-refractivity contribution in [1.82, 2.24) is 9.88 Å². The highest BCUT2D eigenvalue weighted by atomic mass is 32.2. The minimum Gasteiger partial charge on any atom is -0.453 e. The highest BCUT2D eigenvalue weighted by Crippen LogP contribution is 2.40. The lowest BCUT2D eigenvalue weighted by Crippen LogP contribution is -2.38. The average molecular weight is 602 g/mol. The van der Waals surface area contributed by atoms with Gasteiger partial charge < -0.3 is 20.7 Å². The van der Waals surface area contributed by atoms with Gasteiger partial charge in [0, 0.05) is 29.5 Å². The van der Waals surface area contributed by atoms with Gasteiger partial charge in [-0.15, -0.1) is 0 Å². The van der Waals surface area contributed by atoms with Gasteiger partial charge in [-0.2, -0.15) is 0 Å². The molecule has 2 amide bonds. The number of fused-ring (bicyclic) bond motifs is 1. The van der Waals surface area contributed by atoms with E-state index in [9.17, 15) is 18.0 Å². The number of rotatable bonds is 8. The van der Waals surface area contributed by atoms with Crippen molar-refractivity contribution in [1.29, 1.82) is 0 Å². The number of benzene rings is 3. The van der Waals surface area contributed by atoms with E-state index < -0.39 is 33.3 Å². The smallest absolute Gasteiger partial charge is 0.411 e. The zero-order valence-corrected chi connectivity index (χ0v) is 25.1. The lowest BCUT2D eigenvalue weighted by atomic mass is 10.0. The van der Waals surface area contributed by atoms with Gasteiger partial charge in [-0.25, -0.2) is 18.2 Å². The van der Waals surface area contributed by atoms with Crippen molar-refractivity contribution in [2.24, 2.45) is 0 Å². The molecule has 2 unspecified atom stereocenters. The van der Waals surface area contributed by atoms with E-state index in [4.69, 9.17) is 10.5 Å². The number of hydrogen-bond acceptors (Lipinski definition) is 8. The SMILES string of the molecule is COC(=O)Nc1ccc(S(=O)(=O)C(C)C)c(C2CCCN2C(=O)C(Nc2ccc3c(N)nccc3c2)c2ccccc2)c1. The van der Waals surface area contributed by atoms with Crippen LogP contribution in [0.2, 0.25) is 0 Å². The molecule has 0 aliphatic carbocycles. The summed E-state index contributed by atoms with van der Waals surface area (Å²) in [6.07, 6.45) is 2.22. The summed E-state index contributed by atoms with van der Waals surface area (Å²) in [7, 11) is -2.45. The van der Waals surface area contributed by atoms with Gasteiger partial charge in [0.25, 0.3) is 0 Å². The van der Waals surface area contributed by atoms with Crippen molar-refractivity contribution in [2.75, 3.05) is 30.0 Å². The fourth-order valence-electron chi connectivity index (χ4n) is 5.48. The van der Waals surface area contributed by atoms with Crippen LogP contribution < -0.4 is 16.4 Å². The number of likely N-dealkylation sites (tertiary alicyclic amines) is 1. The number of nitrogens with two attached hydrogens (primary N) is 1. The Labute approximate surface area is 251 Å². The number of carbonyl (C=O) groups excluding carboxylic acids is 2. The number of pyridine rings is 1. The van der Waals surface area contributed by atoms with Crippen molar-refractivity contribution in [3.8, 4) is 0 Å². The highest BCUT2D eigenvalue weighted by Gasteiger charge is 2.38. The number of nitrogens with one attached hydrogen (secondary N) is 2. The molecule has 43 heavy (non-hydrogen) atoms. The Morgan fingerprint density at radius 2 is 1.77 bits per heavy atom. The predicted molar refractivity (Wildman–Crippen MR) is 167 cm³/mol. The van der Waals surface area contributed by atoms with Crippen molar-refractivity contribution in [3.63, 3.8) is 0 Å². The molecular formula is C32H35N5O5S. The normalized spacial score (nSPS) is 15.8. The number of amides is 2. The number of sulfone groups is 1. The number of nitrogen functional groups attached to an aromatic ring is 1. The van der Waals surface area contributed by atoms with E-state index in [-0.39, 0.29) is 10.8 Å². The van der Waals surface area contributed by atoms with E-state index in [1.165, 1.54) is 19.2 Å². The second-order valence-electron chi connectivity index (χ2n) is 10.8. The van der Waals surface area contributed by atoms with Crippen LogP contribution in [-0.2, 0) is 19.4 Å². The predicted octanol–water partition coefficient (Wildman–Crippen LogP) is 5.69. The molecule has 11 heteroatoms.